The Balaban J connectivity index is 1.49. The first-order chi connectivity index (χ1) is 14.1. The molecule has 3 aromatic rings. The number of carbonyl (C=O) groups excluding carboxylic acids is 1. The molecule has 150 valence electrons. The van der Waals surface area contributed by atoms with E-state index in [4.69, 9.17) is 37.4 Å². The Morgan fingerprint density at radius 2 is 1.76 bits per heavy atom. The lowest BCUT2D eigenvalue weighted by Gasteiger charge is -2.12. The average molecular weight is 433 g/mol. The van der Waals surface area contributed by atoms with Crippen molar-refractivity contribution in [1.82, 2.24) is 4.98 Å². The Bertz CT molecular complexity index is 954. The minimum Gasteiger partial charge on any atom is -0.491 e. The SMILES string of the molecule is O=C(COCCOc1ccccc1)Nc1ccccc1Oc1ncc(Cl)cc1Cl. The fourth-order valence-corrected chi connectivity index (χ4v) is 2.75. The molecule has 1 heterocycles. The highest BCUT2D eigenvalue weighted by Crippen LogP contribution is 2.33. The van der Waals surface area contributed by atoms with E-state index in [-0.39, 0.29) is 30.0 Å². The first-order valence-electron chi connectivity index (χ1n) is 8.75. The van der Waals surface area contributed by atoms with Crippen LogP contribution in [0.15, 0.2) is 66.9 Å². The van der Waals surface area contributed by atoms with Crippen LogP contribution in [0, 0.1) is 0 Å². The van der Waals surface area contributed by atoms with E-state index in [2.05, 4.69) is 10.3 Å². The summed E-state index contributed by atoms with van der Waals surface area (Å²) in [6, 6.07) is 17.8. The monoisotopic (exact) mass is 432 g/mol. The van der Waals surface area contributed by atoms with E-state index in [1.54, 1.807) is 24.3 Å². The standard InChI is InChI=1S/C21H18Cl2N2O4/c22-15-12-17(23)21(24-13-15)29-19-9-5-4-8-18(19)25-20(26)14-27-10-11-28-16-6-2-1-3-7-16/h1-9,12-13H,10-11,14H2,(H,25,26). The summed E-state index contributed by atoms with van der Waals surface area (Å²) in [6.07, 6.45) is 1.43. The first-order valence-corrected chi connectivity index (χ1v) is 9.51. The maximum absolute atomic E-state index is 12.2. The molecule has 1 N–H and O–H groups in total. The van der Waals surface area contributed by atoms with Crippen LogP contribution in [0.3, 0.4) is 0 Å². The number of hydrogen-bond donors (Lipinski definition) is 1. The summed E-state index contributed by atoms with van der Waals surface area (Å²) in [4.78, 5) is 16.2. The fourth-order valence-electron chi connectivity index (χ4n) is 2.33. The van der Waals surface area contributed by atoms with Crippen molar-refractivity contribution >= 4 is 34.8 Å². The highest BCUT2D eigenvalue weighted by atomic mass is 35.5. The summed E-state index contributed by atoms with van der Waals surface area (Å²) < 4.78 is 16.6. The largest absolute Gasteiger partial charge is 0.491 e. The molecule has 0 aliphatic rings. The van der Waals surface area contributed by atoms with Gasteiger partial charge in [0.2, 0.25) is 11.8 Å². The maximum atomic E-state index is 12.2. The van der Waals surface area contributed by atoms with Gasteiger partial charge in [-0.1, -0.05) is 53.5 Å². The van der Waals surface area contributed by atoms with Crippen LogP contribution in [0.5, 0.6) is 17.4 Å². The van der Waals surface area contributed by atoms with E-state index in [0.29, 0.717) is 23.1 Å². The van der Waals surface area contributed by atoms with Crippen molar-refractivity contribution in [2.45, 2.75) is 0 Å². The normalized spacial score (nSPS) is 10.4. The van der Waals surface area contributed by atoms with Crippen molar-refractivity contribution < 1.29 is 19.0 Å². The Morgan fingerprint density at radius 3 is 2.55 bits per heavy atom. The van der Waals surface area contributed by atoms with Gasteiger partial charge in [0, 0.05) is 6.20 Å². The molecule has 0 fully saturated rings. The second-order valence-electron chi connectivity index (χ2n) is 5.80. The van der Waals surface area contributed by atoms with Crippen molar-refractivity contribution in [1.29, 1.82) is 0 Å². The van der Waals surface area contributed by atoms with E-state index in [1.165, 1.54) is 12.3 Å². The number of carbonyl (C=O) groups is 1. The number of hydrogen-bond acceptors (Lipinski definition) is 5. The second kappa shape index (κ2) is 10.7. The Morgan fingerprint density at radius 1 is 1.00 bits per heavy atom. The number of halogens is 2. The van der Waals surface area contributed by atoms with Crippen molar-refractivity contribution in [2.75, 3.05) is 25.1 Å². The third-order valence-corrected chi connectivity index (χ3v) is 4.09. The molecule has 0 atom stereocenters. The molecular weight excluding hydrogens is 415 g/mol. The van der Waals surface area contributed by atoms with Gasteiger partial charge in [0.05, 0.1) is 17.3 Å². The summed E-state index contributed by atoms with van der Waals surface area (Å²) in [5.41, 5.74) is 0.467. The quantitative estimate of drug-likeness (QED) is 0.469. The average Bonchev–Trinajstić information content (AvgIpc) is 2.72. The van der Waals surface area contributed by atoms with Gasteiger partial charge in [-0.3, -0.25) is 4.79 Å². The Labute approximate surface area is 178 Å². The van der Waals surface area contributed by atoms with Crippen LogP contribution < -0.4 is 14.8 Å². The number of amides is 1. The lowest BCUT2D eigenvalue weighted by atomic mass is 10.3. The Hall–Kier alpha value is -2.80. The maximum Gasteiger partial charge on any atom is 0.250 e. The smallest absolute Gasteiger partial charge is 0.250 e. The van der Waals surface area contributed by atoms with Gasteiger partial charge in [0.25, 0.3) is 0 Å². The zero-order valence-corrected chi connectivity index (χ0v) is 16.8. The van der Waals surface area contributed by atoms with Gasteiger partial charge in [-0.15, -0.1) is 0 Å². The first kappa shape index (κ1) is 20.9. The molecule has 0 saturated carbocycles. The molecule has 0 saturated heterocycles. The van der Waals surface area contributed by atoms with E-state index in [0.717, 1.165) is 5.75 Å². The zero-order valence-electron chi connectivity index (χ0n) is 15.3. The molecule has 1 aromatic heterocycles. The number of aromatic nitrogens is 1. The van der Waals surface area contributed by atoms with Gasteiger partial charge in [-0.25, -0.2) is 4.98 Å². The Kier molecular flexibility index (Phi) is 7.69. The lowest BCUT2D eigenvalue weighted by Crippen LogP contribution is -2.20. The van der Waals surface area contributed by atoms with Crippen LogP contribution in [0.1, 0.15) is 0 Å². The van der Waals surface area contributed by atoms with Gasteiger partial charge in [0.15, 0.2) is 5.75 Å². The molecule has 0 bridgehead atoms. The summed E-state index contributed by atoms with van der Waals surface area (Å²) in [5.74, 6) is 1.01. The number of ether oxygens (including phenoxy) is 3. The molecule has 1 amide bonds. The topological polar surface area (TPSA) is 69.7 Å². The van der Waals surface area contributed by atoms with Gasteiger partial charge in [-0.2, -0.15) is 0 Å². The van der Waals surface area contributed by atoms with Crippen molar-refractivity contribution in [3.8, 4) is 17.4 Å². The molecule has 8 heteroatoms. The van der Waals surface area contributed by atoms with E-state index >= 15 is 0 Å². The molecule has 0 unspecified atom stereocenters. The molecule has 2 aromatic carbocycles. The molecule has 0 aliphatic heterocycles. The fraction of sp³-hybridized carbons (Fsp3) is 0.143. The molecule has 0 spiro atoms. The molecule has 3 rings (SSSR count). The lowest BCUT2D eigenvalue weighted by molar-refractivity contribution is -0.120. The van der Waals surface area contributed by atoms with Crippen molar-refractivity contribution in [3.63, 3.8) is 0 Å². The number of nitrogens with zero attached hydrogens (tertiary/aromatic N) is 1. The summed E-state index contributed by atoms with van der Waals surface area (Å²) in [5, 5.41) is 3.41. The van der Waals surface area contributed by atoms with Crippen LogP contribution in [0.4, 0.5) is 5.69 Å². The number of nitrogens with one attached hydrogen (secondary N) is 1. The number of benzene rings is 2. The van der Waals surface area contributed by atoms with Crippen LogP contribution in [0.2, 0.25) is 10.0 Å². The van der Waals surface area contributed by atoms with Crippen LogP contribution in [0.25, 0.3) is 0 Å². The van der Waals surface area contributed by atoms with Crippen LogP contribution >= 0.6 is 23.2 Å². The zero-order chi connectivity index (χ0) is 20.5. The molecule has 29 heavy (non-hydrogen) atoms. The third-order valence-electron chi connectivity index (χ3n) is 3.61. The number of para-hydroxylation sites is 3. The highest BCUT2D eigenvalue weighted by molar-refractivity contribution is 6.35. The predicted octanol–water partition coefficient (Wildman–Crippen LogP) is 5.21. The molecular formula is C21H18Cl2N2O4. The minimum absolute atomic E-state index is 0.119. The van der Waals surface area contributed by atoms with E-state index in [9.17, 15) is 4.79 Å². The van der Waals surface area contributed by atoms with Crippen LogP contribution in [-0.4, -0.2) is 30.7 Å². The minimum atomic E-state index is -0.323. The van der Waals surface area contributed by atoms with Gasteiger partial charge < -0.3 is 19.5 Å². The highest BCUT2D eigenvalue weighted by Gasteiger charge is 2.11. The van der Waals surface area contributed by atoms with Crippen molar-refractivity contribution in [3.05, 3.63) is 76.9 Å². The summed E-state index contributed by atoms with van der Waals surface area (Å²) in [6.45, 7) is 0.509. The predicted molar refractivity (Wildman–Crippen MR) is 112 cm³/mol. The van der Waals surface area contributed by atoms with Crippen molar-refractivity contribution in [2.24, 2.45) is 0 Å². The summed E-state index contributed by atoms with van der Waals surface area (Å²) >= 11 is 11.9. The van der Waals surface area contributed by atoms with Gasteiger partial charge in [0.1, 0.15) is 24.0 Å². The van der Waals surface area contributed by atoms with Crippen LogP contribution in [-0.2, 0) is 9.53 Å². The third kappa shape index (κ3) is 6.64. The second-order valence-corrected chi connectivity index (χ2v) is 6.64. The van der Waals surface area contributed by atoms with Gasteiger partial charge >= 0.3 is 0 Å². The number of anilines is 1. The number of pyridine rings is 1. The van der Waals surface area contributed by atoms with Gasteiger partial charge in [-0.05, 0) is 30.3 Å². The number of rotatable bonds is 9. The molecule has 0 aliphatic carbocycles. The molecule has 0 radical (unpaired) electrons. The van der Waals surface area contributed by atoms with E-state index in [1.807, 2.05) is 30.3 Å². The molecule has 6 nitrogen and oxygen atoms in total. The van der Waals surface area contributed by atoms with E-state index < -0.39 is 0 Å². The summed E-state index contributed by atoms with van der Waals surface area (Å²) in [7, 11) is 0.